The van der Waals surface area contributed by atoms with Crippen LogP contribution in [-0.2, 0) is 40.2 Å². The number of Topliss-reactive ketones (excluding diaryl/α,β-unsaturated/α-hetero) is 1. The minimum atomic E-state index is -1.02. The number of ether oxygens (including phenoxy) is 1. The molecule has 3 aliphatic heterocycles. The number of nitrogens with zero attached hydrogens (tertiary/aromatic N) is 1. The van der Waals surface area contributed by atoms with Gasteiger partial charge in [-0.3, -0.25) is 24.2 Å². The van der Waals surface area contributed by atoms with Crippen molar-refractivity contribution < 1.29 is 48.9 Å². The van der Waals surface area contributed by atoms with Crippen molar-refractivity contribution >= 4 is 118 Å². The van der Waals surface area contributed by atoms with Crippen LogP contribution in [0.2, 0.25) is 0 Å². The van der Waals surface area contributed by atoms with Crippen molar-refractivity contribution in [3.63, 3.8) is 0 Å². The van der Waals surface area contributed by atoms with Gasteiger partial charge in [0.25, 0.3) is 0 Å². The molecule has 18 heteroatoms. The van der Waals surface area contributed by atoms with E-state index in [-0.39, 0.29) is 49.5 Å². The molecular formula is C42H67I4N4O9V. The van der Waals surface area contributed by atoms with Gasteiger partial charge in [0.15, 0.2) is 0 Å². The molecule has 0 bridgehead atoms. The maximum absolute atomic E-state index is 12.0. The van der Waals surface area contributed by atoms with E-state index in [9.17, 15) is 24.0 Å². The molecule has 0 aromatic heterocycles. The third-order valence-electron chi connectivity index (χ3n) is 11.9. The Morgan fingerprint density at radius 3 is 1.83 bits per heavy atom. The van der Waals surface area contributed by atoms with E-state index in [4.69, 9.17) is 25.8 Å². The maximum atomic E-state index is 12.0. The van der Waals surface area contributed by atoms with Crippen LogP contribution < -0.4 is 16.4 Å². The van der Waals surface area contributed by atoms with Crippen LogP contribution in [0.3, 0.4) is 0 Å². The summed E-state index contributed by atoms with van der Waals surface area (Å²) >= 11 is 9.54. The minimum absolute atomic E-state index is 0. The van der Waals surface area contributed by atoms with Crippen LogP contribution in [0, 0.1) is 23.7 Å². The van der Waals surface area contributed by atoms with Gasteiger partial charge in [0.2, 0.25) is 0 Å². The second-order valence-electron chi connectivity index (χ2n) is 15.7. The van der Waals surface area contributed by atoms with Crippen LogP contribution in [0.4, 0.5) is 0 Å². The number of nitrogens with two attached hydrogens (primary N) is 1. The molecular weight excluding hydrogens is 1260 g/mol. The number of hydrogen-bond acceptors (Lipinski definition) is 10. The molecule has 1 aromatic carbocycles. The number of hydrogen-bond donors (Lipinski definition) is 6. The SMILES string of the molecule is C.C.CI.N[C@@H](CC1CCCC1=O)C(=O)O.O=C(O)[C@@H]1CC2CCCC2=N1.O=C(O)[C@@H]1C[C@@H]2CCC[C@@H]2N1.O=C(OCc1ccccc1)[C@@H]1C[C@@H]2CCC[C@@H]2N1.[I][V]([I])[I]. The summed E-state index contributed by atoms with van der Waals surface area (Å²) in [6.45, 7) is 0.382. The second kappa shape index (κ2) is 30.9. The number of aliphatic imine (C=N–C) groups is 1. The number of nitrogens with one attached hydrogen (secondary N) is 2. The molecule has 2 saturated heterocycles. The summed E-state index contributed by atoms with van der Waals surface area (Å²) in [6, 6.07) is 9.26. The molecule has 342 valence electrons. The zero-order valence-electron chi connectivity index (χ0n) is 33.0. The topological polar surface area (TPSA) is 218 Å². The first-order valence-corrected chi connectivity index (χ1v) is 35.8. The number of benzene rings is 1. The van der Waals surface area contributed by atoms with Crippen molar-refractivity contribution in [3.8, 4) is 0 Å². The Kier molecular flexibility index (Phi) is 29.8. The molecule has 4 saturated carbocycles. The zero-order valence-corrected chi connectivity index (χ0v) is 43.0. The first-order valence-electron chi connectivity index (χ1n) is 20.1. The third-order valence-corrected chi connectivity index (χ3v) is 11.9. The van der Waals surface area contributed by atoms with E-state index in [1.807, 2.05) is 35.3 Å². The van der Waals surface area contributed by atoms with Crippen molar-refractivity contribution in [1.29, 1.82) is 0 Å². The molecule has 6 fully saturated rings. The number of carboxylic acid groups (broad SMARTS) is 3. The van der Waals surface area contributed by atoms with Gasteiger partial charge in [-0.2, -0.15) is 0 Å². The molecule has 0 spiro atoms. The van der Waals surface area contributed by atoms with Crippen LogP contribution in [0.1, 0.15) is 123 Å². The normalized spacial score (nSPS) is 29.1. The van der Waals surface area contributed by atoms with Crippen molar-refractivity contribution in [3.05, 3.63) is 35.9 Å². The standard InChI is InChI=1S/C15H19NO2.C8H13NO3.C8H13NO2.C8H11NO2.CH3I.2CH4.3HI.V/c17-15(18-10-11-5-2-1-3-6-11)14-9-12-7-4-8-13(12)16-14;9-6(8(11)12)4-5-2-1-3-7(5)10;2*10-8(11)7-4-5-2-1-3-6(5)9-7;1-2;;;;;;/h1-3,5-6,12-14,16H,4,7-10H2;5-6H,1-4,9H2,(H,11,12);5-7,9H,1-4H2,(H,10,11);5,7H,1-4H2,(H,10,11);1H3;2*1H4;3*1H;/q;;;;;;;;;;+3/p-3/t12-,13-,14-;5?,6-;5-,6-,7-;5?,7-;;;;;;;/m0000......./s1. The zero-order chi connectivity index (χ0) is 42.8. The Balaban J connectivity index is 0.000000386. The van der Waals surface area contributed by atoms with E-state index in [1.54, 1.807) is 0 Å². The molecule has 3 heterocycles. The molecule has 60 heavy (non-hydrogen) atoms. The number of carbonyl (C=O) groups is 5. The van der Waals surface area contributed by atoms with Crippen LogP contribution in [0.5, 0.6) is 0 Å². The van der Waals surface area contributed by atoms with E-state index >= 15 is 0 Å². The predicted octanol–water partition coefficient (Wildman–Crippen LogP) is 9.08. The number of alkyl halides is 1. The van der Waals surface area contributed by atoms with E-state index < -0.39 is 30.0 Å². The average molecular weight is 1330 g/mol. The Bertz CT molecular complexity index is 1490. The molecule has 0 radical (unpaired) electrons. The van der Waals surface area contributed by atoms with E-state index in [0.29, 0.717) is 49.3 Å². The molecule has 13 nitrogen and oxygen atoms in total. The summed E-state index contributed by atoms with van der Waals surface area (Å²) < 4.78 is 5.38. The van der Waals surface area contributed by atoms with Gasteiger partial charge in [-0.25, -0.2) is 4.79 Å². The van der Waals surface area contributed by atoms with Crippen molar-refractivity contribution in [1.82, 2.24) is 10.6 Å². The number of esters is 1. The molecule has 8 rings (SSSR count). The van der Waals surface area contributed by atoms with Gasteiger partial charge in [-0.1, -0.05) is 80.6 Å². The molecule has 1 aromatic rings. The molecule has 4 aliphatic carbocycles. The summed E-state index contributed by atoms with van der Waals surface area (Å²) in [5, 5.41) is 32.4. The van der Waals surface area contributed by atoms with Crippen molar-refractivity contribution in [2.24, 2.45) is 34.4 Å². The number of carbonyl (C=O) groups excluding carboxylic acids is 2. The first kappa shape index (κ1) is 57.8. The predicted molar refractivity (Wildman–Crippen MR) is 268 cm³/mol. The number of fused-ring (bicyclic) bond motifs is 3. The molecule has 7 aliphatic rings. The average Bonchev–Trinajstić information content (AvgIpc) is 4.03. The van der Waals surface area contributed by atoms with E-state index in [1.165, 1.54) is 44.9 Å². The Morgan fingerprint density at radius 1 is 0.800 bits per heavy atom. The summed E-state index contributed by atoms with van der Waals surface area (Å²) in [5.74, 6) is -0.622. The van der Waals surface area contributed by atoms with Gasteiger partial charge < -0.3 is 36.4 Å². The summed E-state index contributed by atoms with van der Waals surface area (Å²) in [5.41, 5.74) is 7.52. The van der Waals surface area contributed by atoms with Gasteiger partial charge >= 0.3 is 88.7 Å². The van der Waals surface area contributed by atoms with Gasteiger partial charge in [0, 0.05) is 30.1 Å². The Morgan fingerprint density at radius 2 is 1.35 bits per heavy atom. The van der Waals surface area contributed by atoms with Gasteiger partial charge in [0.05, 0.1) is 0 Å². The fourth-order valence-corrected chi connectivity index (χ4v) is 9.05. The van der Waals surface area contributed by atoms with Crippen LogP contribution in [-0.4, -0.2) is 91.9 Å². The van der Waals surface area contributed by atoms with Gasteiger partial charge in [-0.15, -0.1) is 0 Å². The van der Waals surface area contributed by atoms with E-state index in [2.05, 4.69) is 98.2 Å². The first-order chi connectivity index (χ1) is 27.7. The number of carboxylic acids is 3. The third kappa shape index (κ3) is 19.9. The number of halogens is 4. The van der Waals surface area contributed by atoms with Gasteiger partial charge in [0.1, 0.15) is 36.6 Å². The summed E-state index contributed by atoms with van der Waals surface area (Å²) in [4.78, 5) is 60.4. The van der Waals surface area contributed by atoms with Crippen LogP contribution >= 0.6 is 82.5 Å². The van der Waals surface area contributed by atoms with Crippen molar-refractivity contribution in [2.75, 3.05) is 4.93 Å². The number of ketones is 1. The molecule has 0 amide bonds. The molecule has 10 atom stereocenters. The van der Waals surface area contributed by atoms with Gasteiger partial charge in [-0.05, 0) is 112 Å². The molecule has 7 N–H and O–H groups in total. The second-order valence-corrected chi connectivity index (χ2v) is 51.0. The number of aliphatic carboxylic acids is 3. The summed E-state index contributed by atoms with van der Waals surface area (Å²) in [6.07, 6.45) is 16.0. The fraction of sp³-hybridized carbons (Fsp3) is 0.714. The Labute approximate surface area is 408 Å². The quantitative estimate of drug-likeness (QED) is 0.0816. The van der Waals surface area contributed by atoms with E-state index in [0.717, 1.165) is 56.2 Å². The van der Waals surface area contributed by atoms with Crippen molar-refractivity contribution in [2.45, 2.75) is 160 Å². The summed E-state index contributed by atoms with van der Waals surface area (Å²) in [7, 11) is 0. The number of rotatable bonds is 8. The van der Waals surface area contributed by atoms with Crippen LogP contribution in [0.25, 0.3) is 0 Å². The molecule has 2 unspecified atom stereocenters. The van der Waals surface area contributed by atoms with Crippen LogP contribution in [0.15, 0.2) is 35.3 Å². The monoisotopic (exact) mass is 1330 g/mol. The fourth-order valence-electron chi connectivity index (χ4n) is 9.05. The Hall–Kier alpha value is -0.176.